The van der Waals surface area contributed by atoms with Crippen LogP contribution in [-0.2, 0) is 16.2 Å². The third kappa shape index (κ3) is 4.99. The number of aromatic nitrogens is 1. The standard InChI is InChI=1S/C20H23F3N4O3S/c1-3-24-18-9-4-15(12-25-18)19(28)27-11-10-26(13-14(27)2)31(29,30)17-7-5-16(6-8-17)20(21,22)23/h4-9,12,14H,3,10-11,13H2,1-2H3,(H,24,25)/t14-/m0/s1. The largest absolute Gasteiger partial charge is 0.416 e. The van der Waals surface area contributed by atoms with Gasteiger partial charge in [-0.05, 0) is 50.2 Å². The molecule has 0 bridgehead atoms. The molecule has 7 nitrogen and oxygen atoms in total. The summed E-state index contributed by atoms with van der Waals surface area (Å²) < 4.78 is 65.1. The summed E-state index contributed by atoms with van der Waals surface area (Å²) >= 11 is 0. The van der Waals surface area contributed by atoms with E-state index in [1.165, 1.54) is 10.5 Å². The van der Waals surface area contributed by atoms with Gasteiger partial charge in [-0.15, -0.1) is 0 Å². The van der Waals surface area contributed by atoms with E-state index in [1.54, 1.807) is 24.0 Å². The molecule has 2 aromatic rings. The molecule has 2 heterocycles. The Morgan fingerprint density at radius 1 is 1.16 bits per heavy atom. The zero-order valence-electron chi connectivity index (χ0n) is 17.1. The van der Waals surface area contributed by atoms with Crippen molar-refractivity contribution < 1.29 is 26.4 Å². The molecule has 1 aliphatic heterocycles. The Balaban J connectivity index is 1.70. The number of nitrogens with zero attached hydrogens (tertiary/aromatic N) is 3. The van der Waals surface area contributed by atoms with E-state index in [2.05, 4.69) is 10.3 Å². The van der Waals surface area contributed by atoms with Crippen LogP contribution in [0.5, 0.6) is 0 Å². The molecule has 31 heavy (non-hydrogen) atoms. The summed E-state index contributed by atoms with van der Waals surface area (Å²) in [7, 11) is -3.98. The zero-order chi connectivity index (χ0) is 22.8. The Bertz CT molecular complexity index is 1030. The summed E-state index contributed by atoms with van der Waals surface area (Å²) in [5, 5.41) is 3.04. The summed E-state index contributed by atoms with van der Waals surface area (Å²) in [4.78, 5) is 18.4. The van der Waals surface area contributed by atoms with E-state index in [4.69, 9.17) is 0 Å². The number of hydrogen-bond donors (Lipinski definition) is 1. The molecule has 0 radical (unpaired) electrons. The van der Waals surface area contributed by atoms with Gasteiger partial charge in [-0.25, -0.2) is 13.4 Å². The second kappa shape index (κ2) is 8.83. The van der Waals surface area contributed by atoms with Crippen LogP contribution in [0.3, 0.4) is 0 Å². The third-order valence-electron chi connectivity index (χ3n) is 5.04. The Morgan fingerprint density at radius 2 is 1.84 bits per heavy atom. The van der Waals surface area contributed by atoms with Crippen molar-refractivity contribution in [2.45, 2.75) is 31.0 Å². The lowest BCUT2D eigenvalue weighted by Gasteiger charge is -2.39. The molecule has 1 saturated heterocycles. The Hall–Kier alpha value is -2.66. The first-order valence-corrected chi connectivity index (χ1v) is 11.2. The highest BCUT2D eigenvalue weighted by atomic mass is 32.2. The monoisotopic (exact) mass is 456 g/mol. The van der Waals surface area contributed by atoms with Crippen LogP contribution in [0.2, 0.25) is 0 Å². The minimum Gasteiger partial charge on any atom is -0.370 e. The molecule has 1 aromatic heterocycles. The first kappa shape index (κ1) is 23.0. The maximum Gasteiger partial charge on any atom is 0.416 e. The number of halogens is 3. The van der Waals surface area contributed by atoms with Gasteiger partial charge in [0, 0.05) is 38.4 Å². The fraction of sp³-hybridized carbons (Fsp3) is 0.400. The SMILES string of the molecule is CCNc1ccc(C(=O)N2CCN(S(=O)(=O)c3ccc(C(F)(F)F)cc3)C[C@@H]2C)cn1. The Labute approximate surface area is 178 Å². The highest BCUT2D eigenvalue weighted by molar-refractivity contribution is 7.89. The van der Waals surface area contributed by atoms with Crippen molar-refractivity contribution in [2.24, 2.45) is 0 Å². The summed E-state index contributed by atoms with van der Waals surface area (Å²) in [6.07, 6.45) is -3.07. The second-order valence-corrected chi connectivity index (χ2v) is 9.13. The first-order chi connectivity index (χ1) is 14.5. The van der Waals surface area contributed by atoms with Gasteiger partial charge in [0.2, 0.25) is 10.0 Å². The van der Waals surface area contributed by atoms with Gasteiger partial charge >= 0.3 is 6.18 Å². The molecule has 1 atom stereocenters. The lowest BCUT2D eigenvalue weighted by molar-refractivity contribution is -0.137. The predicted octanol–water partition coefficient (Wildman–Crippen LogP) is 3.07. The van der Waals surface area contributed by atoms with Gasteiger partial charge in [0.25, 0.3) is 5.91 Å². The van der Waals surface area contributed by atoms with Crippen molar-refractivity contribution >= 4 is 21.7 Å². The zero-order valence-corrected chi connectivity index (χ0v) is 17.9. The van der Waals surface area contributed by atoms with Crippen molar-refractivity contribution in [2.75, 3.05) is 31.5 Å². The molecule has 168 valence electrons. The van der Waals surface area contributed by atoms with Crippen LogP contribution < -0.4 is 5.32 Å². The Kier molecular flexibility index (Phi) is 6.56. The molecule has 3 rings (SSSR count). The van der Waals surface area contributed by atoms with Crippen LogP contribution in [0.1, 0.15) is 29.8 Å². The molecule has 0 saturated carbocycles. The van der Waals surface area contributed by atoms with E-state index in [9.17, 15) is 26.4 Å². The smallest absolute Gasteiger partial charge is 0.370 e. The number of alkyl halides is 3. The van der Waals surface area contributed by atoms with E-state index < -0.39 is 27.8 Å². The molecule has 1 aromatic carbocycles. The number of hydrogen-bond acceptors (Lipinski definition) is 5. The second-order valence-electron chi connectivity index (χ2n) is 7.20. The molecule has 0 unspecified atom stereocenters. The first-order valence-electron chi connectivity index (χ1n) is 9.72. The lowest BCUT2D eigenvalue weighted by atomic mass is 10.1. The van der Waals surface area contributed by atoms with Crippen molar-refractivity contribution in [3.05, 3.63) is 53.7 Å². The highest BCUT2D eigenvalue weighted by Crippen LogP contribution is 2.30. The van der Waals surface area contributed by atoms with Crippen LogP contribution in [0.4, 0.5) is 19.0 Å². The fourth-order valence-electron chi connectivity index (χ4n) is 3.38. The van der Waals surface area contributed by atoms with Gasteiger partial charge in [0.05, 0.1) is 16.0 Å². The molecule has 0 spiro atoms. The minimum absolute atomic E-state index is 0.0397. The van der Waals surface area contributed by atoms with Gasteiger partial charge in [-0.2, -0.15) is 17.5 Å². The van der Waals surface area contributed by atoms with E-state index in [0.29, 0.717) is 17.9 Å². The molecule has 0 aliphatic carbocycles. The van der Waals surface area contributed by atoms with Crippen LogP contribution in [-0.4, -0.2) is 60.7 Å². The highest BCUT2D eigenvalue weighted by Gasteiger charge is 2.35. The minimum atomic E-state index is -4.54. The van der Waals surface area contributed by atoms with Gasteiger partial charge < -0.3 is 10.2 Å². The molecule has 1 amide bonds. The molecule has 1 fully saturated rings. The van der Waals surface area contributed by atoms with Crippen LogP contribution in [0.25, 0.3) is 0 Å². The lowest BCUT2D eigenvalue weighted by Crippen LogP contribution is -2.55. The third-order valence-corrected chi connectivity index (χ3v) is 6.92. The number of carbonyl (C=O) groups is 1. The summed E-state index contributed by atoms with van der Waals surface area (Å²) in [6.45, 7) is 4.61. The molecular formula is C20H23F3N4O3S. The van der Waals surface area contributed by atoms with E-state index >= 15 is 0 Å². The van der Waals surface area contributed by atoms with Gasteiger partial charge in [0.15, 0.2) is 0 Å². The summed E-state index contributed by atoms with van der Waals surface area (Å²) in [5.41, 5.74) is -0.517. The van der Waals surface area contributed by atoms with Crippen molar-refractivity contribution in [1.29, 1.82) is 0 Å². The molecule has 1 N–H and O–H groups in total. The van der Waals surface area contributed by atoms with Gasteiger partial charge in [0.1, 0.15) is 5.82 Å². The van der Waals surface area contributed by atoms with Gasteiger partial charge in [-0.1, -0.05) is 0 Å². The topological polar surface area (TPSA) is 82.6 Å². The number of carbonyl (C=O) groups excluding carboxylic acids is 1. The number of pyridine rings is 1. The normalized spacial score (nSPS) is 18.1. The summed E-state index contributed by atoms with van der Waals surface area (Å²) in [6, 6.07) is 6.35. The van der Waals surface area contributed by atoms with Crippen LogP contribution >= 0.6 is 0 Å². The number of benzene rings is 1. The summed E-state index contributed by atoms with van der Waals surface area (Å²) in [5.74, 6) is 0.397. The Morgan fingerprint density at radius 3 is 2.35 bits per heavy atom. The van der Waals surface area contributed by atoms with Crippen molar-refractivity contribution in [3.63, 3.8) is 0 Å². The van der Waals surface area contributed by atoms with Crippen molar-refractivity contribution in [1.82, 2.24) is 14.2 Å². The quantitative estimate of drug-likeness (QED) is 0.748. The average Bonchev–Trinajstić information content (AvgIpc) is 2.73. The maximum atomic E-state index is 12.9. The number of anilines is 1. The molecule has 1 aliphatic rings. The van der Waals surface area contributed by atoms with E-state index in [1.807, 2.05) is 6.92 Å². The van der Waals surface area contributed by atoms with E-state index in [0.717, 1.165) is 24.3 Å². The number of piperazine rings is 1. The average molecular weight is 456 g/mol. The number of amides is 1. The maximum absolute atomic E-state index is 12.9. The van der Waals surface area contributed by atoms with Gasteiger partial charge in [-0.3, -0.25) is 4.79 Å². The fourth-order valence-corrected chi connectivity index (χ4v) is 4.89. The van der Waals surface area contributed by atoms with E-state index in [-0.39, 0.29) is 30.4 Å². The number of rotatable bonds is 5. The van der Waals surface area contributed by atoms with Crippen LogP contribution in [0, 0.1) is 0 Å². The van der Waals surface area contributed by atoms with Crippen LogP contribution in [0.15, 0.2) is 47.5 Å². The van der Waals surface area contributed by atoms with Crippen molar-refractivity contribution in [3.8, 4) is 0 Å². The number of nitrogens with one attached hydrogen (secondary N) is 1. The predicted molar refractivity (Wildman–Crippen MR) is 109 cm³/mol. The molecule has 11 heteroatoms. The number of sulfonamides is 1. The molecular weight excluding hydrogens is 433 g/mol.